The molecule has 0 aliphatic heterocycles. The molecule has 4 aliphatic rings. The van der Waals surface area contributed by atoms with Crippen molar-refractivity contribution in [2.24, 2.45) is 17.8 Å². The molecule has 0 radical (unpaired) electrons. The molecule has 11 heavy (non-hydrogen) atoms. The Bertz CT molecular complexity index is 202. The van der Waals surface area contributed by atoms with E-state index < -0.39 is 0 Å². The van der Waals surface area contributed by atoms with Gasteiger partial charge < -0.3 is 0 Å². The van der Waals surface area contributed by atoms with Gasteiger partial charge >= 0.3 is 0 Å². The largest absolute Gasteiger partial charge is 0.0819 e. The van der Waals surface area contributed by atoms with Crippen LogP contribution in [0.25, 0.3) is 0 Å². The lowest BCUT2D eigenvalue weighted by molar-refractivity contribution is 0.167. The summed E-state index contributed by atoms with van der Waals surface area (Å²) in [7, 11) is 0. The Balaban J connectivity index is 2.01. The third-order valence-electron chi connectivity index (χ3n) is 3.99. The van der Waals surface area contributed by atoms with Crippen molar-refractivity contribution >= 4 is 0 Å². The minimum Gasteiger partial charge on any atom is -0.0819 e. The highest BCUT2D eigenvalue weighted by Crippen LogP contribution is 2.50. The highest BCUT2D eigenvalue weighted by Gasteiger charge is 2.38. The van der Waals surface area contributed by atoms with Crippen molar-refractivity contribution in [1.82, 2.24) is 0 Å². The summed E-state index contributed by atoms with van der Waals surface area (Å²) < 4.78 is 0. The first-order chi connectivity index (χ1) is 5.43. The summed E-state index contributed by atoms with van der Waals surface area (Å²) in [5, 5.41) is 0. The van der Waals surface area contributed by atoms with Crippen LogP contribution in [0.5, 0.6) is 0 Å². The number of allylic oxidation sites excluding steroid dienone is 2. The van der Waals surface area contributed by atoms with Crippen molar-refractivity contribution in [1.29, 1.82) is 0 Å². The third-order valence-corrected chi connectivity index (χ3v) is 3.99. The fourth-order valence-corrected chi connectivity index (χ4v) is 3.52. The molecule has 0 aromatic heterocycles. The van der Waals surface area contributed by atoms with Crippen LogP contribution in [0, 0.1) is 17.8 Å². The van der Waals surface area contributed by atoms with Gasteiger partial charge in [0.15, 0.2) is 0 Å². The van der Waals surface area contributed by atoms with Crippen molar-refractivity contribution in [3.05, 3.63) is 11.6 Å². The number of hydrogen-bond acceptors (Lipinski definition) is 0. The predicted octanol–water partition coefficient (Wildman–Crippen LogP) is 3.14. The zero-order chi connectivity index (χ0) is 7.26. The average molecular weight is 148 g/mol. The Morgan fingerprint density at radius 3 is 2.91 bits per heavy atom. The van der Waals surface area contributed by atoms with Crippen molar-refractivity contribution < 1.29 is 0 Å². The van der Waals surface area contributed by atoms with Gasteiger partial charge in [-0.05, 0) is 56.3 Å². The van der Waals surface area contributed by atoms with Crippen LogP contribution in [0.1, 0.15) is 38.5 Å². The van der Waals surface area contributed by atoms with Crippen LogP contribution in [0.2, 0.25) is 0 Å². The van der Waals surface area contributed by atoms with Crippen molar-refractivity contribution in [2.45, 2.75) is 38.5 Å². The molecule has 0 spiro atoms. The summed E-state index contributed by atoms with van der Waals surface area (Å²) in [4.78, 5) is 0. The van der Waals surface area contributed by atoms with E-state index >= 15 is 0 Å². The van der Waals surface area contributed by atoms with Crippen LogP contribution >= 0.6 is 0 Å². The Hall–Kier alpha value is -0.260. The molecular weight excluding hydrogens is 132 g/mol. The molecule has 3 atom stereocenters. The first kappa shape index (κ1) is 6.28. The van der Waals surface area contributed by atoms with E-state index in [0.717, 1.165) is 17.8 Å². The molecule has 0 aromatic rings. The lowest BCUT2D eigenvalue weighted by atomic mass is 9.60. The fourth-order valence-electron chi connectivity index (χ4n) is 3.52. The summed E-state index contributed by atoms with van der Waals surface area (Å²) in [5.74, 6) is 3.16. The molecule has 0 heterocycles. The second-order valence-electron chi connectivity index (χ2n) is 4.57. The molecule has 0 saturated heterocycles. The highest BCUT2D eigenvalue weighted by molar-refractivity contribution is 5.19. The van der Waals surface area contributed by atoms with Crippen LogP contribution in [-0.4, -0.2) is 0 Å². The Morgan fingerprint density at radius 2 is 2.18 bits per heavy atom. The van der Waals surface area contributed by atoms with Gasteiger partial charge in [-0.15, -0.1) is 0 Å². The van der Waals surface area contributed by atoms with E-state index in [0.29, 0.717) is 0 Å². The van der Waals surface area contributed by atoms with Gasteiger partial charge in [0.05, 0.1) is 0 Å². The molecule has 4 rings (SSSR count). The molecule has 0 amide bonds. The number of rotatable bonds is 0. The van der Waals surface area contributed by atoms with Crippen LogP contribution in [0.4, 0.5) is 0 Å². The maximum Gasteiger partial charge on any atom is -0.0174 e. The molecule has 60 valence electrons. The van der Waals surface area contributed by atoms with Gasteiger partial charge in [0.2, 0.25) is 0 Å². The van der Waals surface area contributed by atoms with Crippen molar-refractivity contribution in [3.63, 3.8) is 0 Å². The van der Waals surface area contributed by atoms with Crippen LogP contribution < -0.4 is 0 Å². The molecule has 4 bridgehead atoms. The van der Waals surface area contributed by atoms with Crippen LogP contribution in [0.15, 0.2) is 11.6 Å². The summed E-state index contributed by atoms with van der Waals surface area (Å²) in [6, 6.07) is 0. The number of hydrogen-bond donors (Lipinski definition) is 0. The Kier molecular flexibility index (Phi) is 1.21. The van der Waals surface area contributed by atoms with Gasteiger partial charge in [0.1, 0.15) is 0 Å². The van der Waals surface area contributed by atoms with Gasteiger partial charge in [-0.1, -0.05) is 11.6 Å². The summed E-state index contributed by atoms with van der Waals surface area (Å²) in [5.41, 5.74) is 1.85. The Labute approximate surface area is 68.7 Å². The zero-order valence-electron chi connectivity index (χ0n) is 7.05. The van der Waals surface area contributed by atoms with Crippen LogP contribution in [0.3, 0.4) is 0 Å². The highest BCUT2D eigenvalue weighted by atomic mass is 14.4. The monoisotopic (exact) mass is 148 g/mol. The molecule has 2 saturated carbocycles. The quantitative estimate of drug-likeness (QED) is 0.463. The second-order valence-corrected chi connectivity index (χ2v) is 4.57. The van der Waals surface area contributed by atoms with Gasteiger partial charge in [0, 0.05) is 0 Å². The predicted molar refractivity (Wildman–Crippen MR) is 46.3 cm³/mol. The normalized spacial score (nSPS) is 47.3. The van der Waals surface area contributed by atoms with E-state index in [4.69, 9.17) is 0 Å². The lowest BCUT2D eigenvalue weighted by Crippen LogP contribution is -2.33. The van der Waals surface area contributed by atoms with E-state index in [9.17, 15) is 0 Å². The fraction of sp³-hybridized carbons (Fsp3) is 0.818. The van der Waals surface area contributed by atoms with Gasteiger partial charge in [-0.25, -0.2) is 0 Å². The molecule has 0 nitrogen and oxygen atoms in total. The molecule has 4 aliphatic carbocycles. The van der Waals surface area contributed by atoms with E-state index in [1.165, 1.54) is 32.1 Å². The van der Waals surface area contributed by atoms with E-state index in [-0.39, 0.29) is 0 Å². The summed E-state index contributed by atoms with van der Waals surface area (Å²) >= 11 is 0. The lowest BCUT2D eigenvalue weighted by Gasteiger charge is -2.45. The molecule has 2 fully saturated rings. The third kappa shape index (κ3) is 0.816. The second kappa shape index (κ2) is 2.12. The standard InChI is InChI=1S/C11H16/c1-2-9-6-8-4-5-11(9)10(3-1)7-8/h6,8,10-11H,1-5,7H2. The van der Waals surface area contributed by atoms with Gasteiger partial charge in [0.25, 0.3) is 0 Å². The van der Waals surface area contributed by atoms with Gasteiger partial charge in [-0.3, -0.25) is 0 Å². The SMILES string of the molecule is C1=C2CCCC3CC1CCC23. The van der Waals surface area contributed by atoms with E-state index in [2.05, 4.69) is 6.08 Å². The molecule has 0 heteroatoms. The first-order valence-corrected chi connectivity index (χ1v) is 5.14. The van der Waals surface area contributed by atoms with Gasteiger partial charge in [-0.2, -0.15) is 0 Å². The van der Waals surface area contributed by atoms with E-state index in [1.807, 2.05) is 5.57 Å². The van der Waals surface area contributed by atoms with Crippen molar-refractivity contribution in [3.8, 4) is 0 Å². The summed E-state index contributed by atoms with van der Waals surface area (Å²) in [6.45, 7) is 0. The smallest absolute Gasteiger partial charge is 0.0174 e. The van der Waals surface area contributed by atoms with Crippen molar-refractivity contribution in [2.75, 3.05) is 0 Å². The molecule has 0 aromatic carbocycles. The minimum atomic E-state index is 1.00. The molecule has 3 unspecified atom stereocenters. The van der Waals surface area contributed by atoms with E-state index in [1.54, 1.807) is 6.42 Å². The average Bonchev–Trinajstić information content (AvgIpc) is 2.05. The maximum atomic E-state index is 2.61. The molecule has 0 N–H and O–H groups in total. The minimum absolute atomic E-state index is 1.00. The zero-order valence-corrected chi connectivity index (χ0v) is 7.05. The maximum absolute atomic E-state index is 2.61. The topological polar surface area (TPSA) is 0 Å². The Morgan fingerprint density at radius 1 is 1.18 bits per heavy atom. The van der Waals surface area contributed by atoms with Crippen LogP contribution in [-0.2, 0) is 0 Å². The molecular formula is C11H16. The first-order valence-electron chi connectivity index (χ1n) is 5.14. The number of fused-ring (bicyclic) bond motifs is 1. The summed E-state index contributed by atoms with van der Waals surface area (Å²) in [6.07, 6.45) is 11.7.